The minimum absolute atomic E-state index is 0.219. The van der Waals surface area contributed by atoms with Crippen molar-refractivity contribution in [2.75, 3.05) is 13.2 Å². The molecule has 37 heavy (non-hydrogen) atoms. The van der Waals surface area contributed by atoms with Crippen molar-refractivity contribution in [2.24, 2.45) is 17.3 Å². The smallest absolute Gasteiger partial charge is 0.434 e. The van der Waals surface area contributed by atoms with Gasteiger partial charge in [0.25, 0.3) is 0 Å². The van der Waals surface area contributed by atoms with Crippen LogP contribution in [0.5, 0.6) is 0 Å². The summed E-state index contributed by atoms with van der Waals surface area (Å²) in [5.74, 6) is -0.800. The first kappa shape index (κ1) is 35.6. The maximum atomic E-state index is 12.8. The van der Waals surface area contributed by atoms with E-state index in [-0.39, 0.29) is 13.2 Å². The van der Waals surface area contributed by atoms with Crippen molar-refractivity contribution in [3.05, 3.63) is 0 Å². The van der Waals surface area contributed by atoms with Crippen molar-refractivity contribution in [2.45, 2.75) is 131 Å². The summed E-state index contributed by atoms with van der Waals surface area (Å²) in [6, 6.07) is 0. The second-order valence-electron chi connectivity index (χ2n) is 9.94. The Balaban J connectivity index is 4.58. The summed E-state index contributed by atoms with van der Waals surface area (Å²) in [7, 11) is -4.29. The maximum absolute atomic E-state index is 12.8. The van der Waals surface area contributed by atoms with Gasteiger partial charge in [0.1, 0.15) is 0 Å². The Kier molecular flexibility index (Phi) is 20.8. The van der Waals surface area contributed by atoms with Crippen LogP contribution in [0.3, 0.4) is 0 Å². The van der Waals surface area contributed by atoms with Crippen LogP contribution in [0.2, 0.25) is 0 Å². The molecule has 0 saturated heterocycles. The third-order valence-corrected chi connectivity index (χ3v) is 6.45. The van der Waals surface area contributed by atoms with Gasteiger partial charge in [-0.3, -0.25) is 9.05 Å². The Morgan fingerprint density at radius 1 is 0.622 bits per heavy atom. The zero-order valence-electron chi connectivity index (χ0n) is 23.9. The third kappa shape index (κ3) is 20.3. The van der Waals surface area contributed by atoms with Crippen molar-refractivity contribution < 1.29 is 42.1 Å². The van der Waals surface area contributed by atoms with Gasteiger partial charge in [0.15, 0.2) is 0 Å². The van der Waals surface area contributed by atoms with E-state index < -0.39 is 44.5 Å². The largest absolute Gasteiger partial charge is 0.510 e. The normalized spacial score (nSPS) is 14.7. The summed E-state index contributed by atoms with van der Waals surface area (Å²) in [5.41, 5.74) is 5.75. The van der Waals surface area contributed by atoms with Crippen LogP contribution in [0.25, 0.3) is 0 Å². The van der Waals surface area contributed by atoms with Gasteiger partial charge in [-0.25, -0.2) is 19.7 Å². The molecule has 0 heterocycles. The fourth-order valence-electron chi connectivity index (χ4n) is 3.21. The predicted octanol–water partition coefficient (Wildman–Crippen LogP) is 8.08. The van der Waals surface area contributed by atoms with E-state index in [1.807, 2.05) is 0 Å². The number of carbonyl (C=O) groups excluding carboxylic acids is 2. The summed E-state index contributed by atoms with van der Waals surface area (Å²) < 4.78 is 44.0. The second-order valence-corrected chi connectivity index (χ2v) is 11.4. The van der Waals surface area contributed by atoms with Gasteiger partial charge in [-0.15, -0.1) is 0 Å². The lowest BCUT2D eigenvalue weighted by molar-refractivity contribution is -0.122. The second kappa shape index (κ2) is 21.6. The van der Waals surface area contributed by atoms with E-state index in [4.69, 9.17) is 33.5 Å². The number of ether oxygens (including phenoxy) is 4. The molecule has 0 fully saturated rings. The van der Waals surface area contributed by atoms with Gasteiger partial charge in [-0.2, -0.15) is 0 Å². The van der Waals surface area contributed by atoms with E-state index in [0.717, 1.165) is 51.4 Å². The molecule has 0 spiro atoms. The van der Waals surface area contributed by atoms with Crippen LogP contribution in [-0.4, -0.2) is 38.1 Å². The average Bonchev–Trinajstić information content (AvgIpc) is 2.81. The van der Waals surface area contributed by atoms with Crippen LogP contribution in [0.1, 0.15) is 119 Å². The molecule has 0 amide bonds. The Labute approximate surface area is 224 Å². The summed E-state index contributed by atoms with van der Waals surface area (Å²) in [6.45, 7) is 11.5. The molecule has 0 bridgehead atoms. The lowest BCUT2D eigenvalue weighted by Gasteiger charge is -2.27. The molecule has 0 aromatic carbocycles. The molecule has 2 unspecified atom stereocenters. The highest BCUT2D eigenvalue weighted by Gasteiger charge is 2.35. The Morgan fingerprint density at radius 3 is 1.27 bits per heavy atom. The zero-order valence-corrected chi connectivity index (χ0v) is 24.8. The molecule has 2 N–H and O–H groups in total. The fraction of sp³-hybridized carbons (Fsp3) is 0.923. The summed E-state index contributed by atoms with van der Waals surface area (Å²) >= 11 is 0. The van der Waals surface area contributed by atoms with Crippen LogP contribution < -0.4 is 5.50 Å². The van der Waals surface area contributed by atoms with E-state index in [1.165, 1.54) is 25.7 Å². The molecular weight excluding hydrogens is 501 g/mol. The Bertz CT molecular complexity index is 596. The molecule has 2 atom stereocenters. The summed E-state index contributed by atoms with van der Waals surface area (Å²) in [5, 5.41) is 0. The van der Waals surface area contributed by atoms with Crippen molar-refractivity contribution in [3.8, 4) is 0 Å². The molecule has 0 aliphatic rings. The standard InChI is InChI=1S/C26H52NO9P/c1-7-9-11-13-15-17-19-31-25(28)33-23(21(3)4)35-37(27,30)36-24(22(5)6)34-26(29)32-20-18-16-14-12-10-8-2/h21-24H,7-20H2,1-6H3,(H2,27,30). The van der Waals surface area contributed by atoms with Gasteiger partial charge < -0.3 is 18.9 Å². The lowest BCUT2D eigenvalue weighted by Crippen LogP contribution is -2.31. The molecular formula is C26H52NO9P. The highest BCUT2D eigenvalue weighted by molar-refractivity contribution is 7.51. The quantitative estimate of drug-likeness (QED) is 0.0607. The highest BCUT2D eigenvalue weighted by atomic mass is 31.2. The molecule has 11 heteroatoms. The van der Waals surface area contributed by atoms with Crippen LogP contribution in [0.15, 0.2) is 0 Å². The molecule has 10 nitrogen and oxygen atoms in total. The number of unbranched alkanes of at least 4 members (excludes halogenated alkanes) is 10. The first-order valence-corrected chi connectivity index (χ1v) is 15.6. The Hall–Kier alpha value is -1.35. The van der Waals surface area contributed by atoms with Crippen LogP contribution >= 0.6 is 7.75 Å². The third-order valence-electron chi connectivity index (χ3n) is 5.45. The van der Waals surface area contributed by atoms with Gasteiger partial charge in [0.2, 0.25) is 12.6 Å². The van der Waals surface area contributed by atoms with E-state index in [0.29, 0.717) is 0 Å². The van der Waals surface area contributed by atoms with Crippen LogP contribution in [0, 0.1) is 11.8 Å². The lowest BCUT2D eigenvalue weighted by atomic mass is 10.1. The zero-order chi connectivity index (χ0) is 28.1. The van der Waals surface area contributed by atoms with E-state index in [9.17, 15) is 14.2 Å². The fourth-order valence-corrected chi connectivity index (χ4v) is 4.41. The summed E-state index contributed by atoms with van der Waals surface area (Å²) in [6.07, 6.45) is 8.16. The molecule has 220 valence electrons. The molecule has 0 aliphatic carbocycles. The predicted molar refractivity (Wildman–Crippen MR) is 143 cm³/mol. The number of rotatable bonds is 22. The van der Waals surface area contributed by atoms with Gasteiger partial charge in [-0.1, -0.05) is 106 Å². The average molecular weight is 554 g/mol. The summed E-state index contributed by atoms with van der Waals surface area (Å²) in [4.78, 5) is 24.1. The van der Waals surface area contributed by atoms with E-state index in [2.05, 4.69) is 13.8 Å². The monoisotopic (exact) mass is 553 g/mol. The van der Waals surface area contributed by atoms with E-state index in [1.54, 1.807) is 27.7 Å². The molecule has 0 saturated carbocycles. The minimum Gasteiger partial charge on any atom is -0.434 e. The van der Waals surface area contributed by atoms with Gasteiger partial charge in [-0.05, 0) is 12.8 Å². The SMILES string of the molecule is CCCCCCCCOC(=O)OC(OP(N)(=O)OC(OC(=O)OCCCCCCCC)C(C)C)C(C)C. The number of hydrogen-bond acceptors (Lipinski definition) is 9. The molecule has 0 aromatic rings. The number of carbonyl (C=O) groups is 2. The van der Waals surface area contributed by atoms with Crippen LogP contribution in [0.4, 0.5) is 9.59 Å². The van der Waals surface area contributed by atoms with E-state index >= 15 is 0 Å². The molecule has 0 aliphatic heterocycles. The maximum Gasteiger partial charge on any atom is 0.510 e. The number of nitrogens with two attached hydrogens (primary N) is 1. The van der Waals surface area contributed by atoms with Crippen molar-refractivity contribution in [1.82, 2.24) is 0 Å². The van der Waals surface area contributed by atoms with Gasteiger partial charge in [0, 0.05) is 11.8 Å². The van der Waals surface area contributed by atoms with Gasteiger partial charge in [0.05, 0.1) is 13.2 Å². The first-order valence-electron chi connectivity index (χ1n) is 13.9. The van der Waals surface area contributed by atoms with Crippen molar-refractivity contribution >= 4 is 20.1 Å². The molecule has 0 rings (SSSR count). The topological polar surface area (TPSA) is 133 Å². The minimum atomic E-state index is -4.29. The molecule has 0 aromatic heterocycles. The van der Waals surface area contributed by atoms with Gasteiger partial charge >= 0.3 is 20.1 Å². The first-order chi connectivity index (χ1) is 17.5. The van der Waals surface area contributed by atoms with Crippen LogP contribution in [-0.2, 0) is 32.6 Å². The Morgan fingerprint density at radius 2 is 0.946 bits per heavy atom. The molecule has 0 radical (unpaired) electrons. The number of hydrogen-bond donors (Lipinski definition) is 1. The highest BCUT2D eigenvalue weighted by Crippen LogP contribution is 2.44. The van der Waals surface area contributed by atoms with Crippen molar-refractivity contribution in [1.29, 1.82) is 0 Å². The van der Waals surface area contributed by atoms with Crippen molar-refractivity contribution in [3.63, 3.8) is 0 Å².